The highest BCUT2D eigenvalue weighted by molar-refractivity contribution is 5.72. The first-order valence-electron chi connectivity index (χ1n) is 22.5. The van der Waals surface area contributed by atoms with Gasteiger partial charge in [-0.2, -0.15) is 0 Å². The number of unbranched alkanes of at least 4 members (excludes halogenated alkanes) is 14. The zero-order chi connectivity index (χ0) is 42.1. The summed E-state index contributed by atoms with van der Waals surface area (Å²) in [5.41, 5.74) is 0. The lowest BCUT2D eigenvalue weighted by atomic mass is 10.1. The summed E-state index contributed by atoms with van der Waals surface area (Å²) in [5, 5.41) is 9.62. The number of allylic oxidation sites excluding steroid dienone is 12. The first-order valence-corrected chi connectivity index (χ1v) is 22.5. The molecule has 0 aromatic heterocycles. The standard InChI is InChI=1S/C49H83NO7/c1-6-8-10-12-14-16-18-19-20-21-22-23-24-25-26-27-28-30-32-34-36-38-40-48(52)57-45(43-55-42-41-46(49(53)54)50(3,4)5)44-56-47(51)39-37-35-33-31-29-17-15-13-11-9-7-2/h8,10,13-17,19-20,22-23,29,45-46H,6-7,9,11-12,18,21,24-28,30-44H2,1-5H3/p+1/b10-8+,15-13+,16-14+,20-19+,23-22+,29-17+. The van der Waals surface area contributed by atoms with Crippen LogP contribution in [-0.2, 0) is 28.6 Å². The molecule has 0 amide bonds. The van der Waals surface area contributed by atoms with Gasteiger partial charge in [0.25, 0.3) is 0 Å². The van der Waals surface area contributed by atoms with Gasteiger partial charge in [0.1, 0.15) is 6.61 Å². The Morgan fingerprint density at radius 2 is 1.04 bits per heavy atom. The van der Waals surface area contributed by atoms with Gasteiger partial charge in [-0.1, -0.05) is 151 Å². The molecule has 0 aromatic carbocycles. The summed E-state index contributed by atoms with van der Waals surface area (Å²) in [7, 11) is 5.51. The Hall–Kier alpha value is -3.23. The van der Waals surface area contributed by atoms with Crippen molar-refractivity contribution in [2.24, 2.45) is 0 Å². The molecule has 0 spiro atoms. The van der Waals surface area contributed by atoms with Crippen LogP contribution in [0, 0.1) is 0 Å². The summed E-state index contributed by atoms with van der Waals surface area (Å²) in [6.07, 6.45) is 49.5. The fourth-order valence-corrected chi connectivity index (χ4v) is 6.12. The molecule has 0 saturated carbocycles. The molecule has 0 aliphatic rings. The van der Waals surface area contributed by atoms with Crippen LogP contribution in [0.4, 0.5) is 0 Å². The van der Waals surface area contributed by atoms with Crippen molar-refractivity contribution in [1.82, 2.24) is 0 Å². The molecule has 0 rings (SSSR count). The summed E-state index contributed by atoms with van der Waals surface area (Å²) in [5.74, 6) is -1.52. The monoisotopic (exact) mass is 799 g/mol. The average Bonchev–Trinajstić information content (AvgIpc) is 3.17. The summed E-state index contributed by atoms with van der Waals surface area (Å²) in [6.45, 7) is 4.52. The number of ether oxygens (including phenoxy) is 3. The number of esters is 2. The fourth-order valence-electron chi connectivity index (χ4n) is 6.12. The first-order chi connectivity index (χ1) is 27.6. The molecule has 0 saturated heterocycles. The maximum Gasteiger partial charge on any atom is 0.362 e. The smallest absolute Gasteiger partial charge is 0.362 e. The third-order valence-corrected chi connectivity index (χ3v) is 9.62. The van der Waals surface area contributed by atoms with E-state index in [1.165, 1.54) is 51.4 Å². The Kier molecular flexibility index (Phi) is 37.3. The second-order valence-corrected chi connectivity index (χ2v) is 15.9. The zero-order valence-electron chi connectivity index (χ0n) is 37.0. The van der Waals surface area contributed by atoms with Crippen LogP contribution in [0.15, 0.2) is 72.9 Å². The van der Waals surface area contributed by atoms with E-state index >= 15 is 0 Å². The van der Waals surface area contributed by atoms with Gasteiger partial charge >= 0.3 is 17.9 Å². The van der Waals surface area contributed by atoms with Crippen LogP contribution in [0.1, 0.15) is 168 Å². The van der Waals surface area contributed by atoms with Gasteiger partial charge in [-0.25, -0.2) is 4.79 Å². The topological polar surface area (TPSA) is 99.1 Å². The molecule has 2 atom stereocenters. The molecule has 57 heavy (non-hydrogen) atoms. The lowest BCUT2D eigenvalue weighted by Crippen LogP contribution is -2.50. The van der Waals surface area contributed by atoms with Gasteiger partial charge in [0.15, 0.2) is 12.1 Å². The zero-order valence-corrected chi connectivity index (χ0v) is 37.0. The van der Waals surface area contributed by atoms with Crippen LogP contribution in [0.2, 0.25) is 0 Å². The predicted octanol–water partition coefficient (Wildman–Crippen LogP) is 12.4. The number of nitrogens with zero attached hydrogens (tertiary/aromatic N) is 1. The van der Waals surface area contributed by atoms with E-state index in [-0.39, 0.29) is 36.2 Å². The largest absolute Gasteiger partial charge is 0.477 e. The number of hydrogen-bond donors (Lipinski definition) is 1. The number of carbonyl (C=O) groups excluding carboxylic acids is 2. The summed E-state index contributed by atoms with van der Waals surface area (Å²) in [6, 6.07) is -0.622. The second kappa shape index (κ2) is 39.6. The van der Waals surface area contributed by atoms with E-state index in [2.05, 4.69) is 86.8 Å². The third-order valence-electron chi connectivity index (χ3n) is 9.62. The van der Waals surface area contributed by atoms with E-state index in [9.17, 15) is 19.5 Å². The van der Waals surface area contributed by atoms with Crippen molar-refractivity contribution in [3.63, 3.8) is 0 Å². The minimum atomic E-state index is -0.883. The van der Waals surface area contributed by atoms with Gasteiger partial charge in [0, 0.05) is 19.3 Å². The molecular weight excluding hydrogens is 715 g/mol. The maximum absolute atomic E-state index is 12.7. The number of rotatable bonds is 39. The highest BCUT2D eigenvalue weighted by atomic mass is 16.6. The average molecular weight is 799 g/mol. The summed E-state index contributed by atoms with van der Waals surface area (Å²) >= 11 is 0. The highest BCUT2D eigenvalue weighted by Crippen LogP contribution is 2.14. The van der Waals surface area contributed by atoms with Crippen molar-refractivity contribution >= 4 is 17.9 Å². The van der Waals surface area contributed by atoms with Gasteiger partial charge in [-0.15, -0.1) is 0 Å². The van der Waals surface area contributed by atoms with Gasteiger partial charge < -0.3 is 23.8 Å². The van der Waals surface area contributed by atoms with Crippen molar-refractivity contribution in [3.05, 3.63) is 72.9 Å². The van der Waals surface area contributed by atoms with Gasteiger partial charge in [-0.05, 0) is 70.6 Å². The number of quaternary nitrogens is 1. The second-order valence-electron chi connectivity index (χ2n) is 15.9. The molecule has 0 aliphatic carbocycles. The van der Waals surface area contributed by atoms with Crippen molar-refractivity contribution in [3.8, 4) is 0 Å². The Labute approximate surface area is 349 Å². The van der Waals surface area contributed by atoms with Gasteiger partial charge in [-0.3, -0.25) is 9.59 Å². The lowest BCUT2D eigenvalue weighted by Gasteiger charge is -2.31. The number of carbonyl (C=O) groups is 3. The molecule has 1 N–H and O–H groups in total. The number of hydrogen-bond acceptors (Lipinski definition) is 6. The van der Waals surface area contributed by atoms with E-state index in [1.807, 2.05) is 21.1 Å². The van der Waals surface area contributed by atoms with Crippen molar-refractivity contribution in [1.29, 1.82) is 0 Å². The molecule has 8 heteroatoms. The number of aliphatic carboxylic acids is 1. The number of likely N-dealkylation sites (N-methyl/N-ethyl adjacent to an activating group) is 1. The molecule has 0 bridgehead atoms. The Bertz CT molecular complexity index is 1160. The minimum absolute atomic E-state index is 0.0468. The van der Waals surface area contributed by atoms with Crippen LogP contribution in [0.3, 0.4) is 0 Å². The van der Waals surface area contributed by atoms with Crippen LogP contribution >= 0.6 is 0 Å². The van der Waals surface area contributed by atoms with Crippen LogP contribution < -0.4 is 0 Å². The lowest BCUT2D eigenvalue weighted by molar-refractivity contribution is -0.887. The van der Waals surface area contributed by atoms with Crippen molar-refractivity contribution in [2.75, 3.05) is 41.0 Å². The van der Waals surface area contributed by atoms with E-state index < -0.39 is 18.1 Å². The van der Waals surface area contributed by atoms with E-state index in [0.717, 1.165) is 83.5 Å². The first kappa shape index (κ1) is 53.8. The Morgan fingerprint density at radius 1 is 0.561 bits per heavy atom. The number of carboxylic acids is 1. The molecule has 0 aliphatic heterocycles. The Balaban J connectivity index is 4.31. The molecule has 8 nitrogen and oxygen atoms in total. The minimum Gasteiger partial charge on any atom is -0.477 e. The normalized spacial score (nSPS) is 13.6. The summed E-state index contributed by atoms with van der Waals surface area (Å²) in [4.78, 5) is 36.9. The van der Waals surface area contributed by atoms with Crippen LogP contribution in [-0.4, -0.2) is 80.6 Å². The molecule has 0 aromatic rings. The maximum atomic E-state index is 12.7. The van der Waals surface area contributed by atoms with E-state index in [4.69, 9.17) is 14.2 Å². The molecule has 0 radical (unpaired) electrons. The van der Waals surface area contributed by atoms with Gasteiger partial charge in [0.2, 0.25) is 0 Å². The Morgan fingerprint density at radius 3 is 1.58 bits per heavy atom. The SMILES string of the molecule is CC/C=C/C/C=C/C/C=C/C/C=C/CCCCCCCCCCCC(=O)OC(COCCC(C(=O)O)[N+](C)(C)C)COC(=O)CCCCC/C=C/C=C/CCCC. The van der Waals surface area contributed by atoms with Gasteiger partial charge in [0.05, 0.1) is 34.4 Å². The van der Waals surface area contributed by atoms with E-state index in [1.54, 1.807) is 0 Å². The van der Waals surface area contributed by atoms with Crippen molar-refractivity contribution < 1.29 is 38.2 Å². The molecule has 0 fully saturated rings. The number of carboxylic acid groups (broad SMARTS) is 1. The van der Waals surface area contributed by atoms with Crippen LogP contribution in [0.5, 0.6) is 0 Å². The van der Waals surface area contributed by atoms with Crippen LogP contribution in [0.25, 0.3) is 0 Å². The molecular formula is C49H84NO7+. The quantitative estimate of drug-likeness (QED) is 0.0217. The predicted molar refractivity (Wildman–Crippen MR) is 238 cm³/mol. The summed E-state index contributed by atoms with van der Waals surface area (Å²) < 4.78 is 17.2. The molecule has 2 unspecified atom stereocenters. The van der Waals surface area contributed by atoms with Crippen molar-refractivity contribution in [2.45, 2.75) is 180 Å². The molecule has 326 valence electrons. The fraction of sp³-hybridized carbons (Fsp3) is 0.694. The molecule has 0 heterocycles. The van der Waals surface area contributed by atoms with E-state index in [0.29, 0.717) is 19.3 Å². The highest BCUT2D eigenvalue weighted by Gasteiger charge is 2.31. The third kappa shape index (κ3) is 38.1.